The third-order valence-electron chi connectivity index (χ3n) is 6.92. The van der Waals surface area contributed by atoms with E-state index in [1.807, 2.05) is 0 Å². The first-order valence-electron chi connectivity index (χ1n) is 8.35. The second-order valence-electron chi connectivity index (χ2n) is 8.51. The van der Waals surface area contributed by atoms with E-state index < -0.39 is 0 Å². The maximum atomic E-state index is 6.67. The largest absolute Gasteiger partial charge is 0.325 e. The van der Waals surface area contributed by atoms with Gasteiger partial charge in [-0.1, -0.05) is 13.8 Å². The van der Waals surface area contributed by atoms with E-state index in [9.17, 15) is 0 Å². The van der Waals surface area contributed by atoms with E-state index in [-0.39, 0.29) is 5.54 Å². The zero-order valence-corrected chi connectivity index (χ0v) is 12.1. The van der Waals surface area contributed by atoms with Gasteiger partial charge in [-0.15, -0.1) is 0 Å². The van der Waals surface area contributed by atoms with Gasteiger partial charge in [-0.25, -0.2) is 0 Å². The van der Waals surface area contributed by atoms with Gasteiger partial charge in [-0.3, -0.25) is 0 Å². The Morgan fingerprint density at radius 1 is 0.889 bits per heavy atom. The van der Waals surface area contributed by atoms with E-state index in [1.165, 1.54) is 12.8 Å². The molecule has 0 radical (unpaired) electrons. The molecule has 5 saturated carbocycles. The Morgan fingerprint density at radius 3 is 1.78 bits per heavy atom. The fourth-order valence-electron chi connectivity index (χ4n) is 6.52. The van der Waals surface area contributed by atoms with Gasteiger partial charge in [0.1, 0.15) is 0 Å². The number of rotatable bonds is 3. The minimum atomic E-state index is 0.244. The number of nitrogens with two attached hydrogens (primary N) is 1. The van der Waals surface area contributed by atoms with Crippen LogP contribution in [0.3, 0.4) is 0 Å². The molecule has 0 aromatic rings. The van der Waals surface area contributed by atoms with Crippen molar-refractivity contribution in [1.82, 2.24) is 0 Å². The van der Waals surface area contributed by atoms with Crippen molar-refractivity contribution in [3.63, 3.8) is 0 Å². The van der Waals surface area contributed by atoms with Crippen LogP contribution in [0.2, 0.25) is 0 Å². The monoisotopic (exact) mass is 247 g/mol. The van der Waals surface area contributed by atoms with Crippen molar-refractivity contribution in [3.8, 4) is 0 Å². The van der Waals surface area contributed by atoms with Gasteiger partial charge in [0.25, 0.3) is 0 Å². The second-order valence-corrected chi connectivity index (χ2v) is 8.51. The summed E-state index contributed by atoms with van der Waals surface area (Å²) < 4.78 is 0. The summed E-state index contributed by atoms with van der Waals surface area (Å²) in [6, 6.07) is 0. The molecule has 5 fully saturated rings. The van der Waals surface area contributed by atoms with Crippen LogP contribution in [-0.2, 0) is 0 Å². The van der Waals surface area contributed by atoms with Crippen molar-refractivity contribution in [2.24, 2.45) is 47.2 Å². The number of hydrogen-bond acceptors (Lipinski definition) is 1. The van der Waals surface area contributed by atoms with Crippen molar-refractivity contribution in [2.75, 3.05) is 0 Å². The normalized spacial score (nSPS) is 49.7. The van der Waals surface area contributed by atoms with E-state index in [0.29, 0.717) is 0 Å². The van der Waals surface area contributed by atoms with Crippen molar-refractivity contribution >= 4 is 0 Å². The van der Waals surface area contributed by atoms with Gasteiger partial charge in [-0.05, 0) is 86.4 Å². The molecule has 0 spiro atoms. The predicted molar refractivity (Wildman–Crippen MR) is 75.0 cm³/mol. The molecular formula is C17H29N. The van der Waals surface area contributed by atoms with E-state index in [0.717, 1.165) is 41.4 Å². The molecule has 0 aliphatic heterocycles. The van der Waals surface area contributed by atoms with E-state index in [4.69, 9.17) is 5.73 Å². The van der Waals surface area contributed by atoms with Gasteiger partial charge in [0.05, 0.1) is 0 Å². The van der Waals surface area contributed by atoms with Crippen LogP contribution < -0.4 is 5.73 Å². The van der Waals surface area contributed by atoms with E-state index in [2.05, 4.69) is 13.8 Å². The Hall–Kier alpha value is -0.0400. The van der Waals surface area contributed by atoms with Gasteiger partial charge in [-0.2, -0.15) is 0 Å². The summed E-state index contributed by atoms with van der Waals surface area (Å²) in [5.74, 6) is 6.91. The number of hydrogen-bond donors (Lipinski definition) is 1. The van der Waals surface area contributed by atoms with Crippen molar-refractivity contribution in [2.45, 2.75) is 64.3 Å². The first-order chi connectivity index (χ1) is 8.57. The van der Waals surface area contributed by atoms with Crippen LogP contribution in [0.1, 0.15) is 58.8 Å². The molecule has 18 heavy (non-hydrogen) atoms. The summed E-state index contributed by atoms with van der Waals surface area (Å²) >= 11 is 0. The zero-order chi connectivity index (χ0) is 12.5. The van der Waals surface area contributed by atoms with Crippen LogP contribution in [0.4, 0.5) is 0 Å². The molecular weight excluding hydrogens is 218 g/mol. The van der Waals surface area contributed by atoms with Gasteiger partial charge in [0.2, 0.25) is 0 Å². The molecule has 4 bridgehead atoms. The van der Waals surface area contributed by atoms with Crippen molar-refractivity contribution in [1.29, 1.82) is 0 Å². The zero-order valence-electron chi connectivity index (χ0n) is 12.1. The van der Waals surface area contributed by atoms with Gasteiger partial charge >= 0.3 is 0 Å². The SMILES string of the molecule is CC(C)C(C1C2CC3CC(C2)CC1C3)C1(N)CC1. The first-order valence-corrected chi connectivity index (χ1v) is 8.35. The lowest BCUT2D eigenvalue weighted by Gasteiger charge is -2.58. The maximum Gasteiger partial charge on any atom is 0.0189 e. The summed E-state index contributed by atoms with van der Waals surface area (Å²) in [7, 11) is 0. The standard InChI is InChI=1S/C17H29N/c1-10(2)16(17(18)3-4-17)15-13-6-11-5-12(8-13)9-14(15)7-11/h10-16H,3-9,18H2,1-2H3. The smallest absolute Gasteiger partial charge is 0.0189 e. The molecule has 0 heterocycles. The molecule has 5 aliphatic carbocycles. The van der Waals surface area contributed by atoms with Gasteiger partial charge in [0, 0.05) is 5.54 Å². The Bertz CT molecular complexity index is 314. The third kappa shape index (κ3) is 1.62. The van der Waals surface area contributed by atoms with Crippen molar-refractivity contribution in [3.05, 3.63) is 0 Å². The summed E-state index contributed by atoms with van der Waals surface area (Å²) in [4.78, 5) is 0. The molecule has 1 nitrogen and oxygen atoms in total. The Labute approximate surface area is 112 Å². The molecule has 0 saturated heterocycles. The molecule has 0 amide bonds. The summed E-state index contributed by atoms with van der Waals surface area (Å²) in [5, 5.41) is 0. The minimum absolute atomic E-state index is 0.244. The minimum Gasteiger partial charge on any atom is -0.325 e. The molecule has 1 heteroatoms. The summed E-state index contributed by atoms with van der Waals surface area (Å²) in [6.07, 6.45) is 10.4. The van der Waals surface area contributed by atoms with Crippen LogP contribution in [0.25, 0.3) is 0 Å². The lowest BCUT2D eigenvalue weighted by atomic mass is 9.48. The molecule has 0 aromatic heterocycles. The fourth-order valence-corrected chi connectivity index (χ4v) is 6.52. The Morgan fingerprint density at radius 2 is 1.39 bits per heavy atom. The molecule has 0 aromatic carbocycles. The Kier molecular flexibility index (Phi) is 2.45. The predicted octanol–water partition coefficient (Wildman–Crippen LogP) is 3.82. The van der Waals surface area contributed by atoms with Crippen LogP contribution in [0.15, 0.2) is 0 Å². The lowest BCUT2D eigenvalue weighted by molar-refractivity contribution is -0.0780. The molecule has 1 atom stereocenters. The molecule has 5 rings (SSSR count). The van der Waals surface area contributed by atoms with Crippen LogP contribution >= 0.6 is 0 Å². The average molecular weight is 247 g/mol. The van der Waals surface area contributed by atoms with E-state index >= 15 is 0 Å². The van der Waals surface area contributed by atoms with E-state index in [1.54, 1.807) is 32.1 Å². The lowest BCUT2D eigenvalue weighted by Crippen LogP contribution is -2.53. The highest BCUT2D eigenvalue weighted by atomic mass is 14.9. The average Bonchev–Trinajstić information content (AvgIpc) is 3.00. The maximum absolute atomic E-state index is 6.67. The van der Waals surface area contributed by atoms with Crippen LogP contribution in [-0.4, -0.2) is 5.54 Å². The van der Waals surface area contributed by atoms with Crippen LogP contribution in [0.5, 0.6) is 0 Å². The topological polar surface area (TPSA) is 26.0 Å². The molecule has 1 unspecified atom stereocenters. The first kappa shape index (κ1) is 11.8. The van der Waals surface area contributed by atoms with Gasteiger partial charge in [0.15, 0.2) is 0 Å². The molecule has 5 aliphatic rings. The summed E-state index contributed by atoms with van der Waals surface area (Å²) in [5.41, 5.74) is 6.92. The fraction of sp³-hybridized carbons (Fsp3) is 1.00. The molecule has 2 N–H and O–H groups in total. The quantitative estimate of drug-likeness (QED) is 0.806. The molecule has 102 valence electrons. The van der Waals surface area contributed by atoms with Crippen LogP contribution in [0, 0.1) is 41.4 Å². The highest BCUT2D eigenvalue weighted by molar-refractivity contribution is 5.11. The highest BCUT2D eigenvalue weighted by Crippen LogP contribution is 2.62. The third-order valence-corrected chi connectivity index (χ3v) is 6.92. The second kappa shape index (κ2) is 3.75. The summed E-state index contributed by atoms with van der Waals surface area (Å²) in [6.45, 7) is 4.87. The van der Waals surface area contributed by atoms with Crippen molar-refractivity contribution < 1.29 is 0 Å². The van der Waals surface area contributed by atoms with Gasteiger partial charge < -0.3 is 5.73 Å². The Balaban J connectivity index is 1.63. The highest BCUT2D eigenvalue weighted by Gasteiger charge is 2.57.